The van der Waals surface area contributed by atoms with E-state index in [-0.39, 0.29) is 16.8 Å². The number of aliphatic hydroxyl groups is 1. The highest BCUT2D eigenvalue weighted by Crippen LogP contribution is 2.28. The minimum atomic E-state index is -3.09. The van der Waals surface area contributed by atoms with E-state index in [0.717, 1.165) is 0 Å². The van der Waals surface area contributed by atoms with Gasteiger partial charge < -0.3 is 5.11 Å². The lowest BCUT2D eigenvalue weighted by molar-refractivity contribution is 0.207. The molecule has 1 aromatic heterocycles. The Bertz CT molecular complexity index is 456. The fourth-order valence-corrected chi connectivity index (χ4v) is 4.86. The SMILES string of the molecule is Cc1nc(SC2CS(=O)(=O)CC2O)n[nH]1. The molecule has 0 saturated carbocycles. The summed E-state index contributed by atoms with van der Waals surface area (Å²) in [5.41, 5.74) is 0. The number of aliphatic hydroxyl groups excluding tert-OH is 1. The highest BCUT2D eigenvalue weighted by atomic mass is 32.2. The second kappa shape index (κ2) is 3.76. The third-order valence-corrected chi connectivity index (χ3v) is 5.21. The van der Waals surface area contributed by atoms with Crippen molar-refractivity contribution in [1.82, 2.24) is 15.2 Å². The van der Waals surface area contributed by atoms with E-state index < -0.39 is 15.9 Å². The van der Waals surface area contributed by atoms with Crippen molar-refractivity contribution in [3.63, 3.8) is 0 Å². The molecule has 2 rings (SSSR count). The summed E-state index contributed by atoms with van der Waals surface area (Å²) in [5.74, 6) is 0.508. The first-order chi connectivity index (χ1) is 6.96. The fraction of sp³-hybridized carbons (Fsp3) is 0.714. The van der Waals surface area contributed by atoms with Gasteiger partial charge in [-0.1, -0.05) is 11.8 Å². The van der Waals surface area contributed by atoms with Crippen LogP contribution in [0.25, 0.3) is 0 Å². The predicted molar refractivity (Wildman–Crippen MR) is 55.4 cm³/mol. The molecular formula is C7H11N3O3S2. The molecule has 0 bridgehead atoms. The summed E-state index contributed by atoms with van der Waals surface area (Å²) >= 11 is 1.20. The normalized spacial score (nSPS) is 29.5. The molecule has 0 radical (unpaired) electrons. The number of aromatic nitrogens is 3. The number of sulfone groups is 1. The first-order valence-corrected chi connectivity index (χ1v) is 7.10. The van der Waals surface area contributed by atoms with Crippen LogP contribution in [0, 0.1) is 6.92 Å². The minimum absolute atomic E-state index is 0.00752. The highest BCUT2D eigenvalue weighted by Gasteiger charge is 2.37. The molecule has 0 aromatic carbocycles. The van der Waals surface area contributed by atoms with Crippen LogP contribution in [0.4, 0.5) is 0 Å². The summed E-state index contributed by atoms with van der Waals surface area (Å²) in [4.78, 5) is 4.05. The van der Waals surface area contributed by atoms with Gasteiger partial charge in [0, 0.05) is 0 Å². The zero-order valence-electron chi connectivity index (χ0n) is 8.04. The number of rotatable bonds is 2. The Labute approximate surface area is 91.4 Å². The molecule has 0 aliphatic carbocycles. The topological polar surface area (TPSA) is 95.9 Å². The fourth-order valence-electron chi connectivity index (χ4n) is 1.42. The predicted octanol–water partition coefficient (Wildman–Crippen LogP) is -0.637. The molecule has 15 heavy (non-hydrogen) atoms. The van der Waals surface area contributed by atoms with Crippen molar-refractivity contribution in [2.24, 2.45) is 0 Å². The second-order valence-corrected chi connectivity index (χ2v) is 6.86. The summed E-state index contributed by atoms with van der Waals surface area (Å²) in [6, 6.07) is 0. The largest absolute Gasteiger partial charge is 0.391 e. The summed E-state index contributed by atoms with van der Waals surface area (Å²) < 4.78 is 22.4. The Morgan fingerprint density at radius 3 is 2.73 bits per heavy atom. The van der Waals surface area contributed by atoms with Crippen molar-refractivity contribution in [2.45, 2.75) is 23.4 Å². The Morgan fingerprint density at radius 1 is 1.53 bits per heavy atom. The Balaban J connectivity index is 2.08. The number of thioether (sulfide) groups is 1. The van der Waals surface area contributed by atoms with E-state index in [2.05, 4.69) is 15.2 Å². The van der Waals surface area contributed by atoms with Crippen LogP contribution in [-0.2, 0) is 9.84 Å². The smallest absolute Gasteiger partial charge is 0.208 e. The average molecular weight is 249 g/mol. The molecule has 2 unspecified atom stereocenters. The van der Waals surface area contributed by atoms with Gasteiger partial charge in [-0.25, -0.2) is 13.4 Å². The molecule has 2 atom stereocenters. The molecule has 0 spiro atoms. The summed E-state index contributed by atoms with van der Waals surface area (Å²) in [6.45, 7) is 1.76. The van der Waals surface area contributed by atoms with Gasteiger partial charge in [-0.15, -0.1) is 5.10 Å². The van der Waals surface area contributed by atoms with Crippen molar-refractivity contribution < 1.29 is 13.5 Å². The average Bonchev–Trinajstić information content (AvgIpc) is 2.58. The third-order valence-electron chi connectivity index (χ3n) is 2.11. The molecule has 1 aliphatic rings. The maximum Gasteiger partial charge on any atom is 0.208 e. The monoisotopic (exact) mass is 249 g/mol. The molecule has 1 aliphatic heterocycles. The van der Waals surface area contributed by atoms with Crippen LogP contribution in [0.3, 0.4) is 0 Å². The van der Waals surface area contributed by atoms with Crippen LogP contribution in [0.1, 0.15) is 5.82 Å². The van der Waals surface area contributed by atoms with E-state index in [1.807, 2.05) is 0 Å². The van der Waals surface area contributed by atoms with Crippen LogP contribution in [0.5, 0.6) is 0 Å². The molecule has 1 fully saturated rings. The van der Waals surface area contributed by atoms with E-state index in [4.69, 9.17) is 0 Å². The van der Waals surface area contributed by atoms with Gasteiger partial charge in [0.2, 0.25) is 5.16 Å². The lowest BCUT2D eigenvalue weighted by Crippen LogP contribution is -2.20. The number of hydrogen-bond donors (Lipinski definition) is 2. The quantitative estimate of drug-likeness (QED) is 0.724. The van der Waals surface area contributed by atoms with Gasteiger partial charge in [0.05, 0.1) is 22.9 Å². The number of aromatic amines is 1. The molecular weight excluding hydrogens is 238 g/mol. The van der Waals surface area contributed by atoms with Crippen molar-refractivity contribution in [1.29, 1.82) is 0 Å². The Hall–Kier alpha value is -0.600. The van der Waals surface area contributed by atoms with E-state index in [0.29, 0.717) is 11.0 Å². The van der Waals surface area contributed by atoms with E-state index in [9.17, 15) is 13.5 Å². The van der Waals surface area contributed by atoms with Crippen LogP contribution in [0.2, 0.25) is 0 Å². The molecule has 84 valence electrons. The van der Waals surface area contributed by atoms with Crippen molar-refractivity contribution in [3.05, 3.63) is 5.82 Å². The van der Waals surface area contributed by atoms with Gasteiger partial charge in [-0.05, 0) is 6.92 Å². The van der Waals surface area contributed by atoms with Gasteiger partial charge in [0.1, 0.15) is 5.82 Å². The zero-order valence-corrected chi connectivity index (χ0v) is 9.68. The molecule has 2 N–H and O–H groups in total. The van der Waals surface area contributed by atoms with E-state index in [1.54, 1.807) is 6.92 Å². The zero-order chi connectivity index (χ0) is 11.1. The Morgan fingerprint density at radius 2 is 2.27 bits per heavy atom. The van der Waals surface area contributed by atoms with Gasteiger partial charge in [-0.2, -0.15) is 0 Å². The van der Waals surface area contributed by atoms with E-state index in [1.165, 1.54) is 11.8 Å². The number of nitrogens with one attached hydrogen (secondary N) is 1. The number of nitrogens with zero attached hydrogens (tertiary/aromatic N) is 2. The summed E-state index contributed by atoms with van der Waals surface area (Å²) in [7, 11) is -3.09. The maximum atomic E-state index is 11.2. The number of aryl methyl sites for hydroxylation is 1. The highest BCUT2D eigenvalue weighted by molar-refractivity contribution is 8.01. The molecule has 2 heterocycles. The first-order valence-electron chi connectivity index (χ1n) is 4.40. The maximum absolute atomic E-state index is 11.2. The molecule has 6 nitrogen and oxygen atoms in total. The number of hydrogen-bond acceptors (Lipinski definition) is 6. The van der Waals surface area contributed by atoms with Crippen LogP contribution >= 0.6 is 11.8 Å². The molecule has 1 saturated heterocycles. The van der Waals surface area contributed by atoms with Crippen molar-refractivity contribution >= 4 is 21.6 Å². The standard InChI is InChI=1S/C7H11N3O3S2/c1-4-8-7(10-9-4)14-6-3-15(12,13)2-5(6)11/h5-6,11H,2-3H2,1H3,(H,8,9,10). The second-order valence-electron chi connectivity index (χ2n) is 3.50. The van der Waals surface area contributed by atoms with Crippen molar-refractivity contribution in [3.8, 4) is 0 Å². The summed E-state index contributed by atoms with van der Waals surface area (Å²) in [6.07, 6.45) is -0.821. The van der Waals surface area contributed by atoms with Crippen LogP contribution in [0.15, 0.2) is 5.16 Å². The third kappa shape index (κ3) is 2.50. The first kappa shape index (κ1) is 10.9. The van der Waals surface area contributed by atoms with Gasteiger partial charge >= 0.3 is 0 Å². The van der Waals surface area contributed by atoms with Crippen LogP contribution < -0.4 is 0 Å². The van der Waals surface area contributed by atoms with Gasteiger partial charge in [-0.3, -0.25) is 5.10 Å². The Kier molecular flexibility index (Phi) is 2.73. The lowest BCUT2D eigenvalue weighted by atomic mass is 10.3. The van der Waals surface area contributed by atoms with Crippen LogP contribution in [-0.4, -0.2) is 51.6 Å². The van der Waals surface area contributed by atoms with Gasteiger partial charge in [0.15, 0.2) is 9.84 Å². The number of H-pyrrole nitrogens is 1. The molecule has 1 aromatic rings. The minimum Gasteiger partial charge on any atom is -0.391 e. The van der Waals surface area contributed by atoms with E-state index >= 15 is 0 Å². The molecule has 0 amide bonds. The summed E-state index contributed by atoms with van der Waals surface area (Å²) in [5, 5.41) is 16.2. The van der Waals surface area contributed by atoms with Crippen molar-refractivity contribution in [2.75, 3.05) is 11.5 Å². The van der Waals surface area contributed by atoms with Gasteiger partial charge in [0.25, 0.3) is 0 Å². The lowest BCUT2D eigenvalue weighted by Gasteiger charge is -2.08. The molecule has 8 heteroatoms.